The minimum atomic E-state index is 1.19. The fourth-order valence-corrected chi connectivity index (χ4v) is 26.3. The maximum atomic E-state index is 2.45. The van der Waals surface area contributed by atoms with Gasteiger partial charge in [-0.3, -0.25) is 0 Å². The van der Waals surface area contributed by atoms with E-state index in [0.717, 1.165) is 0 Å². The van der Waals surface area contributed by atoms with Crippen LogP contribution >= 0.6 is 68.0 Å². The lowest BCUT2D eigenvalue weighted by Gasteiger charge is -2.11. The first kappa shape index (κ1) is 71.8. The lowest BCUT2D eigenvalue weighted by atomic mass is 9.94. The Bertz CT molecular complexity index is 8900. The molecule has 9 heterocycles. The Labute approximate surface area is 731 Å². The van der Waals surface area contributed by atoms with Crippen LogP contribution in [0.5, 0.6) is 0 Å². The second-order valence-corrected chi connectivity index (χ2v) is 38.0. The van der Waals surface area contributed by atoms with E-state index in [1.165, 1.54) is 238 Å². The van der Waals surface area contributed by atoms with Crippen LogP contribution in [-0.2, 0) is 0 Å². The van der Waals surface area contributed by atoms with Crippen LogP contribution in [-0.4, -0.2) is 13.7 Å². The highest BCUT2D eigenvalue weighted by atomic mass is 32.1. The Morgan fingerprint density at radius 2 is 0.423 bits per heavy atom. The zero-order valence-corrected chi connectivity index (χ0v) is 71.0. The number of rotatable bonds is 9. The van der Waals surface area contributed by atoms with Gasteiger partial charge in [-0.15, -0.1) is 68.0 Å². The topological polar surface area (TPSA) is 14.8 Å². The van der Waals surface area contributed by atoms with Gasteiger partial charge < -0.3 is 13.7 Å². The summed E-state index contributed by atoms with van der Waals surface area (Å²) < 4.78 is 23.4. The normalized spacial score (nSPS) is 11.9. The Kier molecular flexibility index (Phi) is 17.1. The van der Waals surface area contributed by atoms with Crippen LogP contribution in [0.1, 0.15) is 0 Å². The molecule has 27 aromatic rings. The Balaban J connectivity index is 0.000000101. The van der Waals surface area contributed by atoms with E-state index in [-0.39, 0.29) is 0 Å². The molecule has 0 aliphatic heterocycles. The molecule has 27 rings (SSSR count). The Morgan fingerprint density at radius 1 is 0.146 bits per heavy atom. The van der Waals surface area contributed by atoms with Gasteiger partial charge in [0, 0.05) is 124 Å². The maximum Gasteiger partial charge on any atom is 0.0734 e. The van der Waals surface area contributed by atoms with Crippen LogP contribution in [0.4, 0.5) is 0 Å². The van der Waals surface area contributed by atoms with Crippen LogP contribution in [0.2, 0.25) is 0 Å². The fourth-order valence-electron chi connectivity index (χ4n) is 19.2. The zero-order valence-electron chi connectivity index (χ0n) is 66.1. The monoisotopic (exact) mass is 1670 g/mol. The van der Waals surface area contributed by atoms with Crippen molar-refractivity contribution in [1.82, 2.24) is 13.7 Å². The number of nitrogens with zero attached hydrogens (tertiary/aromatic N) is 3. The fraction of sp³-hybridized carbons (Fsp3) is 0. The van der Waals surface area contributed by atoms with Gasteiger partial charge in [-0.25, -0.2) is 0 Å². The summed E-state index contributed by atoms with van der Waals surface area (Å²) in [7, 11) is 0. The molecule has 0 bridgehead atoms. The van der Waals surface area contributed by atoms with Crippen molar-refractivity contribution in [2.45, 2.75) is 0 Å². The molecule has 123 heavy (non-hydrogen) atoms. The molecule has 0 spiro atoms. The van der Waals surface area contributed by atoms with Crippen molar-refractivity contribution in [2.24, 2.45) is 0 Å². The summed E-state index contributed by atoms with van der Waals surface area (Å²) >= 11 is 11.3. The van der Waals surface area contributed by atoms with Gasteiger partial charge in [0.2, 0.25) is 0 Å². The third kappa shape index (κ3) is 11.8. The van der Waals surface area contributed by atoms with E-state index < -0.39 is 0 Å². The van der Waals surface area contributed by atoms with Crippen molar-refractivity contribution in [2.75, 3.05) is 0 Å². The van der Waals surface area contributed by atoms with E-state index >= 15 is 0 Å². The number of fused-ring (bicyclic) bond motifs is 24. The summed E-state index contributed by atoms with van der Waals surface area (Å²) in [5.41, 5.74) is 26.3. The number of hydrogen-bond acceptors (Lipinski definition) is 6. The number of benzene rings is 18. The summed E-state index contributed by atoms with van der Waals surface area (Å²) in [5, 5.41) is 15.9. The number of para-hydroxylation sites is 6. The minimum Gasteiger partial charge on any atom is -0.308 e. The smallest absolute Gasteiger partial charge is 0.0734 e. The molecule has 0 aliphatic rings. The van der Waals surface area contributed by atoms with E-state index in [4.69, 9.17) is 0 Å². The molecule has 0 fully saturated rings. The third-order valence-electron chi connectivity index (χ3n) is 24.6. The molecule has 3 nitrogen and oxygen atoms in total. The van der Waals surface area contributed by atoms with Gasteiger partial charge in [0.05, 0.1) is 47.2 Å². The lowest BCUT2D eigenvalue weighted by molar-refractivity contribution is 1.19. The van der Waals surface area contributed by atoms with E-state index in [2.05, 4.69) is 432 Å². The van der Waals surface area contributed by atoms with E-state index in [9.17, 15) is 0 Å². The van der Waals surface area contributed by atoms with Crippen LogP contribution in [0.25, 0.3) is 238 Å². The van der Waals surface area contributed by atoms with E-state index in [1.807, 2.05) is 68.0 Å². The summed E-state index contributed by atoms with van der Waals surface area (Å²) in [6.07, 6.45) is 0. The predicted molar refractivity (Wildman–Crippen MR) is 540 cm³/mol. The third-order valence-corrected chi connectivity index (χ3v) is 31.6. The van der Waals surface area contributed by atoms with Gasteiger partial charge in [-0.2, -0.15) is 0 Å². The van der Waals surface area contributed by atoms with Crippen LogP contribution < -0.4 is 0 Å². The predicted octanol–water partition coefficient (Wildman–Crippen LogP) is 35.1. The molecule has 18 aromatic carbocycles. The van der Waals surface area contributed by atoms with Crippen molar-refractivity contribution in [3.05, 3.63) is 419 Å². The molecule has 0 N–H and O–H groups in total. The van der Waals surface area contributed by atoms with Gasteiger partial charge in [0.25, 0.3) is 0 Å². The first-order valence-electron chi connectivity index (χ1n) is 41.6. The molecule has 0 saturated heterocycles. The SMILES string of the molecule is c1ccc(-n2c3ccccc3c3sc4cccc(-c5cccc(-c6ccc7c(c6)sc6ccccc67)c5)c4c32)cc1.c1ccc(-n2c3ccccc3c3sc4cccc(-c5cccc(-c6ccc7sc8ccccc8c7c6)c5)c4c32)cc1.c1ccc(-n2c3ccccc3c3sc4cccc(-c5cccc(-c6cccc7sc8ccccc8c67)c5)c4c32)cc1. The molecule has 576 valence electrons. The summed E-state index contributed by atoms with van der Waals surface area (Å²) in [5.74, 6) is 0. The summed E-state index contributed by atoms with van der Waals surface area (Å²) in [6.45, 7) is 0. The van der Waals surface area contributed by atoms with E-state index in [1.54, 1.807) is 0 Å². The van der Waals surface area contributed by atoms with Gasteiger partial charge in [0.1, 0.15) is 0 Å². The van der Waals surface area contributed by atoms with Crippen molar-refractivity contribution in [3.63, 3.8) is 0 Å². The molecule has 0 aliphatic carbocycles. The van der Waals surface area contributed by atoms with E-state index in [0.29, 0.717) is 0 Å². The first-order valence-corrected chi connectivity index (χ1v) is 46.5. The molecular formula is C114H69N3S6. The minimum absolute atomic E-state index is 1.19. The van der Waals surface area contributed by atoms with Gasteiger partial charge >= 0.3 is 0 Å². The van der Waals surface area contributed by atoms with Crippen molar-refractivity contribution in [1.29, 1.82) is 0 Å². The summed E-state index contributed by atoms with van der Waals surface area (Å²) in [6, 6.07) is 153. The molecular weight excluding hydrogens is 1600 g/mol. The number of thiophene rings is 6. The highest BCUT2D eigenvalue weighted by Crippen LogP contribution is 2.52. The van der Waals surface area contributed by atoms with Crippen LogP contribution in [0.3, 0.4) is 0 Å². The van der Waals surface area contributed by atoms with Gasteiger partial charge in [0.15, 0.2) is 0 Å². The average Bonchev–Trinajstić information content (AvgIpc) is 1.56. The van der Waals surface area contributed by atoms with Crippen molar-refractivity contribution in [3.8, 4) is 83.8 Å². The molecule has 0 saturated carbocycles. The molecule has 9 aromatic heterocycles. The quantitative estimate of drug-likeness (QED) is 0.137. The van der Waals surface area contributed by atoms with Crippen molar-refractivity contribution >= 4 is 222 Å². The van der Waals surface area contributed by atoms with Gasteiger partial charge in [-0.05, 0) is 200 Å². The first-order chi connectivity index (χ1) is 61.0. The average molecular weight is 1670 g/mol. The highest BCUT2D eigenvalue weighted by Gasteiger charge is 2.26. The number of hydrogen-bond donors (Lipinski definition) is 0. The standard InChI is InChI=1S/3C38H23NS2/c1-2-13-26(14-3-1)39-31-19-6-4-15-29(31)38-37(39)36-28(18-10-22-34(36)41-38)25-12-8-11-24(23-25)27-17-9-21-33-35(27)30-16-5-7-20-32(30)40-33;1-2-12-27(13-3-1)39-32-17-6-4-15-31(32)38-37(39)36-28(16-9-19-34(36)41-38)26-11-8-10-24(22-26)25-20-21-30-29-14-5-7-18-33(29)40-35(30)23-25;1-2-12-27(13-3-1)39-32-17-6-4-15-30(32)38-37(39)36-28(16-9-19-35(36)41-38)26-11-8-10-24(22-26)25-20-21-34-31(23-25)29-14-5-7-18-33(29)40-34/h3*1-23H. The molecule has 0 radical (unpaired) electrons. The molecule has 0 unspecified atom stereocenters. The highest BCUT2D eigenvalue weighted by molar-refractivity contribution is 7.28. The second kappa shape index (κ2) is 29.4. The molecule has 9 heteroatoms. The number of aromatic nitrogens is 3. The Morgan fingerprint density at radius 3 is 0.862 bits per heavy atom. The van der Waals surface area contributed by atoms with Gasteiger partial charge in [-0.1, -0.05) is 285 Å². The Hall–Kier alpha value is -14.1. The lowest BCUT2D eigenvalue weighted by Crippen LogP contribution is -1.93. The molecule has 0 atom stereocenters. The summed E-state index contributed by atoms with van der Waals surface area (Å²) in [4.78, 5) is 0. The molecule has 0 amide bonds. The second-order valence-electron chi connectivity index (χ2n) is 31.6. The van der Waals surface area contributed by atoms with Crippen LogP contribution in [0.15, 0.2) is 419 Å². The van der Waals surface area contributed by atoms with Crippen molar-refractivity contribution < 1.29 is 0 Å². The van der Waals surface area contributed by atoms with Crippen LogP contribution in [0, 0.1) is 0 Å². The zero-order chi connectivity index (χ0) is 80.7. The maximum absolute atomic E-state index is 2.45. The largest absolute Gasteiger partial charge is 0.308 e.